The van der Waals surface area contributed by atoms with Gasteiger partial charge >= 0.3 is 0 Å². The van der Waals surface area contributed by atoms with Crippen molar-refractivity contribution < 1.29 is 18.7 Å². The lowest BCUT2D eigenvalue weighted by Gasteiger charge is -2.14. The average molecular weight is 528 g/mol. The number of benzene rings is 3. The maximum absolute atomic E-state index is 12.7. The van der Waals surface area contributed by atoms with Crippen LogP contribution in [-0.4, -0.2) is 24.0 Å². The summed E-state index contributed by atoms with van der Waals surface area (Å²) in [6.45, 7) is 1.83. The summed E-state index contributed by atoms with van der Waals surface area (Å²) in [6.07, 6.45) is 0. The molecule has 0 aliphatic carbocycles. The van der Waals surface area contributed by atoms with Crippen LogP contribution in [0.3, 0.4) is 0 Å². The van der Waals surface area contributed by atoms with Gasteiger partial charge in [0.1, 0.15) is 11.3 Å². The summed E-state index contributed by atoms with van der Waals surface area (Å²) in [5, 5.41) is 9.77. The first-order valence-corrected chi connectivity index (χ1v) is 11.5. The Morgan fingerprint density at radius 3 is 2.46 bits per heavy atom. The second-order valence-electron chi connectivity index (χ2n) is 7.51. The van der Waals surface area contributed by atoms with Crippen molar-refractivity contribution >= 4 is 74.7 Å². The number of carbonyl (C=O) groups excluding carboxylic acids is 2. The van der Waals surface area contributed by atoms with Crippen molar-refractivity contribution in [1.82, 2.24) is 5.32 Å². The average Bonchev–Trinajstić information content (AvgIpc) is 3.25. The summed E-state index contributed by atoms with van der Waals surface area (Å²) in [7, 11) is 1.40. The minimum atomic E-state index is -0.532. The second-order valence-corrected chi connectivity index (χ2v) is 8.76. The van der Waals surface area contributed by atoms with Crippen molar-refractivity contribution in [3.8, 4) is 5.75 Å². The van der Waals surface area contributed by atoms with Gasteiger partial charge in [-0.15, -0.1) is 0 Å². The summed E-state index contributed by atoms with van der Waals surface area (Å²) in [6, 6.07) is 17.2. The molecule has 4 aromatic rings. The maximum atomic E-state index is 12.7. The van der Waals surface area contributed by atoms with E-state index in [0.717, 1.165) is 10.9 Å². The number of para-hydroxylation sites is 1. The lowest BCUT2D eigenvalue weighted by atomic mass is 10.1. The standard InChI is InChI=1S/C25H19Cl2N3O4S/c1-13-9-16(28-25(35)30-23(31)17-11-15(26)12-18(27)22(17)33-2)7-8-19(13)29-24(32)21-10-14-5-3-4-6-20(14)34-21/h3-12H,1-2H3,(H,29,32)(H2,28,30,31,35). The van der Waals surface area contributed by atoms with Crippen LogP contribution in [-0.2, 0) is 0 Å². The van der Waals surface area contributed by atoms with Crippen LogP contribution < -0.4 is 20.7 Å². The zero-order chi connectivity index (χ0) is 25.1. The summed E-state index contributed by atoms with van der Waals surface area (Å²) < 4.78 is 10.8. The van der Waals surface area contributed by atoms with Gasteiger partial charge in [-0.1, -0.05) is 41.4 Å². The predicted octanol–water partition coefficient (Wildman–Crippen LogP) is 6.44. The molecule has 0 radical (unpaired) electrons. The Balaban J connectivity index is 1.42. The van der Waals surface area contributed by atoms with E-state index in [-0.39, 0.29) is 38.1 Å². The molecule has 0 spiro atoms. The summed E-state index contributed by atoms with van der Waals surface area (Å²) >= 11 is 17.4. The molecule has 2 amide bonds. The van der Waals surface area contributed by atoms with Crippen molar-refractivity contribution in [3.63, 3.8) is 0 Å². The number of furan rings is 1. The Bertz CT molecular complexity index is 1440. The van der Waals surface area contributed by atoms with Crippen molar-refractivity contribution in [3.05, 3.63) is 87.6 Å². The number of carbonyl (C=O) groups is 2. The third-order valence-electron chi connectivity index (χ3n) is 5.07. The van der Waals surface area contributed by atoms with Gasteiger partial charge in [0.05, 0.1) is 17.7 Å². The van der Waals surface area contributed by atoms with E-state index >= 15 is 0 Å². The lowest BCUT2D eigenvalue weighted by molar-refractivity contribution is 0.0972. The minimum absolute atomic E-state index is 0.0617. The molecule has 0 fully saturated rings. The number of thiocarbonyl (C=S) groups is 1. The molecule has 4 rings (SSSR count). The monoisotopic (exact) mass is 527 g/mol. The topological polar surface area (TPSA) is 92.6 Å². The normalized spacial score (nSPS) is 10.6. The third kappa shape index (κ3) is 5.57. The van der Waals surface area contributed by atoms with Gasteiger partial charge in [0.15, 0.2) is 10.9 Å². The molecule has 178 valence electrons. The molecule has 35 heavy (non-hydrogen) atoms. The Hall–Kier alpha value is -3.59. The maximum Gasteiger partial charge on any atom is 0.291 e. The molecule has 0 aliphatic heterocycles. The molecule has 0 saturated heterocycles. The zero-order valence-corrected chi connectivity index (χ0v) is 20.9. The number of anilines is 2. The van der Waals surface area contributed by atoms with Crippen molar-refractivity contribution in [2.75, 3.05) is 17.7 Å². The first kappa shape index (κ1) is 24.5. The molecular weight excluding hydrogens is 509 g/mol. The van der Waals surface area contributed by atoms with Crippen LogP contribution in [0.1, 0.15) is 26.5 Å². The number of aryl methyl sites for hydroxylation is 1. The molecule has 0 bridgehead atoms. The third-order valence-corrected chi connectivity index (χ3v) is 5.77. The van der Waals surface area contributed by atoms with Crippen molar-refractivity contribution in [2.45, 2.75) is 6.92 Å². The number of rotatable bonds is 5. The van der Waals surface area contributed by atoms with E-state index < -0.39 is 5.91 Å². The molecule has 10 heteroatoms. The molecule has 3 N–H and O–H groups in total. The molecular formula is C25H19Cl2N3O4S. The van der Waals surface area contributed by atoms with E-state index in [4.69, 9.17) is 44.6 Å². The van der Waals surface area contributed by atoms with Crippen LogP contribution in [0.25, 0.3) is 11.0 Å². The highest BCUT2D eigenvalue weighted by molar-refractivity contribution is 7.80. The summed E-state index contributed by atoms with van der Waals surface area (Å²) in [4.78, 5) is 25.3. The molecule has 0 saturated carbocycles. The Morgan fingerprint density at radius 1 is 0.971 bits per heavy atom. The lowest BCUT2D eigenvalue weighted by Crippen LogP contribution is -2.34. The summed E-state index contributed by atoms with van der Waals surface area (Å²) in [5.41, 5.74) is 2.79. The highest BCUT2D eigenvalue weighted by Crippen LogP contribution is 2.32. The summed E-state index contributed by atoms with van der Waals surface area (Å²) in [5.74, 6) is -0.484. The van der Waals surface area contributed by atoms with Crippen LogP contribution in [0.4, 0.5) is 11.4 Å². The van der Waals surface area contributed by atoms with Gasteiger partial charge in [-0.3, -0.25) is 14.9 Å². The first-order chi connectivity index (χ1) is 16.7. The number of amides is 2. The SMILES string of the molecule is COc1c(Cl)cc(Cl)cc1C(=O)NC(=S)Nc1ccc(NC(=O)c2cc3ccccc3o2)c(C)c1. The van der Waals surface area contributed by atoms with Gasteiger partial charge in [0.25, 0.3) is 11.8 Å². The van der Waals surface area contributed by atoms with E-state index in [0.29, 0.717) is 17.0 Å². The molecule has 7 nitrogen and oxygen atoms in total. The van der Waals surface area contributed by atoms with Crippen LogP contribution in [0.5, 0.6) is 5.75 Å². The van der Waals surface area contributed by atoms with E-state index in [1.54, 1.807) is 30.3 Å². The molecule has 1 aromatic heterocycles. The van der Waals surface area contributed by atoms with Crippen molar-refractivity contribution in [2.24, 2.45) is 0 Å². The Kier molecular flexibility index (Phi) is 7.25. The Morgan fingerprint density at radius 2 is 1.74 bits per heavy atom. The van der Waals surface area contributed by atoms with E-state index in [1.807, 2.05) is 25.1 Å². The fraction of sp³-hybridized carbons (Fsp3) is 0.0800. The highest BCUT2D eigenvalue weighted by atomic mass is 35.5. The zero-order valence-electron chi connectivity index (χ0n) is 18.6. The molecule has 3 aromatic carbocycles. The van der Waals surface area contributed by atoms with E-state index in [2.05, 4.69) is 16.0 Å². The molecule has 1 heterocycles. The van der Waals surface area contributed by atoms with Crippen LogP contribution in [0.2, 0.25) is 10.0 Å². The number of nitrogens with one attached hydrogen (secondary N) is 3. The van der Waals surface area contributed by atoms with Gasteiger partial charge < -0.3 is 19.8 Å². The van der Waals surface area contributed by atoms with Gasteiger partial charge in [0, 0.05) is 21.8 Å². The molecule has 0 unspecified atom stereocenters. The van der Waals surface area contributed by atoms with E-state index in [1.165, 1.54) is 19.2 Å². The predicted molar refractivity (Wildman–Crippen MR) is 142 cm³/mol. The van der Waals surface area contributed by atoms with Crippen LogP contribution >= 0.6 is 35.4 Å². The number of hydrogen-bond donors (Lipinski definition) is 3. The smallest absolute Gasteiger partial charge is 0.291 e. The largest absolute Gasteiger partial charge is 0.494 e. The van der Waals surface area contributed by atoms with Gasteiger partial charge in [-0.25, -0.2) is 0 Å². The highest BCUT2D eigenvalue weighted by Gasteiger charge is 2.18. The van der Waals surface area contributed by atoms with Gasteiger partial charge in [0.2, 0.25) is 0 Å². The van der Waals surface area contributed by atoms with Crippen LogP contribution in [0, 0.1) is 6.92 Å². The fourth-order valence-electron chi connectivity index (χ4n) is 3.43. The molecule has 0 atom stereocenters. The number of methoxy groups -OCH3 is 1. The minimum Gasteiger partial charge on any atom is -0.494 e. The van der Waals surface area contributed by atoms with Crippen LogP contribution in [0.15, 0.2) is 65.1 Å². The number of fused-ring (bicyclic) bond motifs is 1. The second kappa shape index (κ2) is 10.4. The van der Waals surface area contributed by atoms with Crippen molar-refractivity contribution in [1.29, 1.82) is 0 Å². The number of hydrogen-bond acceptors (Lipinski definition) is 5. The Labute approximate surface area is 216 Å². The quantitative estimate of drug-likeness (QED) is 0.259. The molecule has 0 aliphatic rings. The van der Waals surface area contributed by atoms with Gasteiger partial charge in [-0.05, 0) is 67.2 Å². The fourth-order valence-corrected chi connectivity index (χ4v) is 4.21. The van der Waals surface area contributed by atoms with Gasteiger partial charge in [-0.2, -0.15) is 0 Å². The first-order valence-electron chi connectivity index (χ1n) is 10.3. The number of halogens is 2. The number of ether oxygens (including phenoxy) is 1. The van der Waals surface area contributed by atoms with E-state index in [9.17, 15) is 9.59 Å².